The van der Waals surface area contributed by atoms with Crippen molar-refractivity contribution >= 4 is 11.9 Å². The number of rotatable bonds is 8. The van der Waals surface area contributed by atoms with Crippen molar-refractivity contribution in [2.75, 3.05) is 7.11 Å². The smallest absolute Gasteiger partial charge is 0.334 e. The van der Waals surface area contributed by atoms with E-state index >= 15 is 0 Å². The zero-order valence-electron chi connectivity index (χ0n) is 20.9. The highest BCUT2D eigenvalue weighted by Gasteiger charge is 2.52. The minimum absolute atomic E-state index is 0.0389. The van der Waals surface area contributed by atoms with Gasteiger partial charge in [-0.15, -0.1) is 0 Å². The fourth-order valence-electron chi connectivity index (χ4n) is 5.35. The first-order valence-corrected chi connectivity index (χ1v) is 11.8. The van der Waals surface area contributed by atoms with E-state index in [1.807, 2.05) is 60.7 Å². The summed E-state index contributed by atoms with van der Waals surface area (Å²) in [4.78, 5) is 27.9. The number of ether oxygens (including phenoxy) is 1. The molecule has 0 radical (unpaired) electrons. The van der Waals surface area contributed by atoms with Gasteiger partial charge in [-0.05, 0) is 49.1 Å². The average molecular weight is 500 g/mol. The number of methoxy groups -OCH3 is 1. The molecular weight excluding hydrogens is 470 g/mol. The molecule has 1 heterocycles. The first-order valence-electron chi connectivity index (χ1n) is 11.8. The van der Waals surface area contributed by atoms with Crippen molar-refractivity contribution in [3.63, 3.8) is 0 Å². The van der Waals surface area contributed by atoms with E-state index in [1.54, 1.807) is 24.8 Å². The SMILES string of the molecule is COc1cc(C2(Cc3ccccc3)C(C(=O)O)=C(C)N(Cc3ccccc3)C(C)=C2C(=O)O)ccc1O. The Kier molecular flexibility index (Phi) is 7.07. The van der Waals surface area contributed by atoms with Crippen LogP contribution in [0.1, 0.15) is 30.5 Å². The third-order valence-electron chi connectivity index (χ3n) is 6.98. The molecule has 1 aliphatic heterocycles. The molecule has 0 aliphatic carbocycles. The largest absolute Gasteiger partial charge is 0.504 e. The van der Waals surface area contributed by atoms with Gasteiger partial charge in [-0.3, -0.25) is 0 Å². The molecule has 0 fully saturated rings. The Bertz CT molecular complexity index is 1350. The van der Waals surface area contributed by atoms with Gasteiger partial charge >= 0.3 is 11.9 Å². The molecule has 1 aliphatic rings. The molecule has 3 aromatic carbocycles. The van der Waals surface area contributed by atoms with Crippen molar-refractivity contribution < 1.29 is 29.6 Å². The van der Waals surface area contributed by atoms with E-state index in [2.05, 4.69) is 0 Å². The molecule has 0 aromatic heterocycles. The molecule has 0 saturated heterocycles. The standard InChI is InChI=1S/C30H29NO6/c1-19-26(28(33)34)30(17-21-10-6-4-7-11-21,23-14-15-24(32)25(16-23)37-3)27(29(35)36)20(2)31(19)18-22-12-8-5-9-13-22/h4-16,32H,17-18H2,1-3H3,(H,33,34)(H,35,36). The van der Waals surface area contributed by atoms with E-state index in [-0.39, 0.29) is 29.1 Å². The lowest BCUT2D eigenvalue weighted by Gasteiger charge is -2.45. The highest BCUT2D eigenvalue weighted by Crippen LogP contribution is 2.51. The van der Waals surface area contributed by atoms with Crippen LogP contribution >= 0.6 is 0 Å². The zero-order chi connectivity index (χ0) is 26.7. The zero-order valence-corrected chi connectivity index (χ0v) is 20.9. The number of phenolic OH excluding ortho intramolecular Hbond substituents is 1. The number of phenols is 1. The van der Waals surface area contributed by atoms with Crippen LogP contribution in [0.3, 0.4) is 0 Å². The summed E-state index contributed by atoms with van der Waals surface area (Å²) in [6.45, 7) is 3.74. The van der Waals surface area contributed by atoms with Gasteiger partial charge in [-0.25, -0.2) is 9.59 Å². The van der Waals surface area contributed by atoms with Crippen molar-refractivity contribution in [2.24, 2.45) is 0 Å². The van der Waals surface area contributed by atoms with Crippen LogP contribution in [0.15, 0.2) is 101 Å². The molecule has 0 atom stereocenters. The number of benzene rings is 3. The summed E-state index contributed by atoms with van der Waals surface area (Å²) in [7, 11) is 1.39. The van der Waals surface area contributed by atoms with Crippen LogP contribution in [0.25, 0.3) is 0 Å². The molecule has 3 aromatic rings. The number of carboxylic acid groups (broad SMARTS) is 2. The Morgan fingerprint density at radius 2 is 1.32 bits per heavy atom. The Balaban J connectivity index is 2.08. The van der Waals surface area contributed by atoms with Gasteiger partial charge in [0, 0.05) is 17.9 Å². The van der Waals surface area contributed by atoms with Gasteiger partial charge in [-0.1, -0.05) is 66.7 Å². The maximum atomic E-state index is 13.1. The van der Waals surface area contributed by atoms with Crippen LogP contribution in [0, 0.1) is 0 Å². The molecule has 0 saturated carbocycles. The normalized spacial score (nSPS) is 15.1. The van der Waals surface area contributed by atoms with Gasteiger partial charge in [-0.2, -0.15) is 0 Å². The molecule has 7 nitrogen and oxygen atoms in total. The van der Waals surface area contributed by atoms with Crippen LogP contribution < -0.4 is 4.74 Å². The summed E-state index contributed by atoms with van der Waals surface area (Å²) in [5.41, 5.74) is 1.33. The van der Waals surface area contributed by atoms with Crippen LogP contribution in [0.5, 0.6) is 11.5 Å². The van der Waals surface area contributed by atoms with E-state index in [1.165, 1.54) is 19.2 Å². The number of hydrogen-bond donors (Lipinski definition) is 3. The Morgan fingerprint density at radius 1 is 0.811 bits per heavy atom. The molecular formula is C30H29NO6. The van der Waals surface area contributed by atoms with E-state index < -0.39 is 17.4 Å². The maximum absolute atomic E-state index is 13.1. The number of aromatic hydroxyl groups is 1. The van der Waals surface area contributed by atoms with E-state index in [0.29, 0.717) is 23.5 Å². The van der Waals surface area contributed by atoms with E-state index in [4.69, 9.17) is 4.74 Å². The van der Waals surface area contributed by atoms with Crippen molar-refractivity contribution in [2.45, 2.75) is 32.2 Å². The predicted molar refractivity (Wildman–Crippen MR) is 139 cm³/mol. The summed E-state index contributed by atoms with van der Waals surface area (Å²) in [5, 5.41) is 31.6. The second-order valence-corrected chi connectivity index (χ2v) is 9.06. The third-order valence-corrected chi connectivity index (χ3v) is 6.98. The molecule has 4 rings (SSSR count). The fourth-order valence-corrected chi connectivity index (χ4v) is 5.35. The first kappa shape index (κ1) is 25.6. The summed E-state index contributed by atoms with van der Waals surface area (Å²) >= 11 is 0. The lowest BCUT2D eigenvalue weighted by molar-refractivity contribution is -0.134. The number of hydrogen-bond acceptors (Lipinski definition) is 5. The lowest BCUT2D eigenvalue weighted by Crippen LogP contribution is -2.47. The number of aliphatic carboxylic acids is 2. The van der Waals surface area contributed by atoms with Crippen molar-refractivity contribution in [1.29, 1.82) is 0 Å². The fraction of sp³-hybridized carbons (Fsp3) is 0.200. The van der Waals surface area contributed by atoms with E-state index in [0.717, 1.165) is 11.1 Å². The lowest BCUT2D eigenvalue weighted by atomic mass is 9.62. The average Bonchev–Trinajstić information content (AvgIpc) is 2.87. The maximum Gasteiger partial charge on any atom is 0.334 e. The Morgan fingerprint density at radius 3 is 1.81 bits per heavy atom. The van der Waals surface area contributed by atoms with Crippen molar-refractivity contribution in [3.8, 4) is 11.5 Å². The van der Waals surface area contributed by atoms with E-state index in [9.17, 15) is 24.9 Å². The van der Waals surface area contributed by atoms with Crippen LogP contribution in [-0.4, -0.2) is 39.3 Å². The molecule has 7 heteroatoms. The number of carbonyl (C=O) groups is 2. The minimum atomic E-state index is -1.57. The Hall–Kier alpha value is -4.52. The topological polar surface area (TPSA) is 107 Å². The monoisotopic (exact) mass is 499 g/mol. The highest BCUT2D eigenvalue weighted by molar-refractivity contribution is 6.01. The second kappa shape index (κ2) is 10.2. The highest BCUT2D eigenvalue weighted by atomic mass is 16.5. The number of carboxylic acids is 2. The molecule has 37 heavy (non-hydrogen) atoms. The molecule has 3 N–H and O–H groups in total. The van der Waals surface area contributed by atoms with Gasteiger partial charge in [0.2, 0.25) is 0 Å². The van der Waals surface area contributed by atoms with Crippen LogP contribution in [-0.2, 0) is 28.0 Å². The van der Waals surface area contributed by atoms with Crippen LogP contribution in [0.4, 0.5) is 0 Å². The quantitative estimate of drug-likeness (QED) is 0.395. The predicted octanol–water partition coefficient (Wildman–Crippen LogP) is 5.11. The second-order valence-electron chi connectivity index (χ2n) is 9.06. The van der Waals surface area contributed by atoms with Crippen LogP contribution in [0.2, 0.25) is 0 Å². The van der Waals surface area contributed by atoms with Gasteiger partial charge in [0.25, 0.3) is 0 Å². The minimum Gasteiger partial charge on any atom is -0.504 e. The van der Waals surface area contributed by atoms with Gasteiger partial charge in [0.1, 0.15) is 0 Å². The van der Waals surface area contributed by atoms with Gasteiger partial charge in [0.05, 0.1) is 23.7 Å². The van der Waals surface area contributed by atoms with Crippen molar-refractivity contribution in [3.05, 3.63) is 118 Å². The summed E-state index contributed by atoms with van der Waals surface area (Å²) in [6, 6.07) is 23.2. The van der Waals surface area contributed by atoms with Gasteiger partial charge < -0.3 is 25.0 Å². The number of allylic oxidation sites excluding steroid dienone is 2. The third kappa shape index (κ3) is 4.56. The molecule has 0 bridgehead atoms. The first-order chi connectivity index (χ1) is 17.7. The molecule has 190 valence electrons. The number of nitrogens with zero attached hydrogens (tertiary/aromatic N) is 1. The molecule has 0 amide bonds. The van der Waals surface area contributed by atoms with Gasteiger partial charge in [0.15, 0.2) is 11.5 Å². The van der Waals surface area contributed by atoms with Crippen molar-refractivity contribution in [1.82, 2.24) is 4.90 Å². The summed E-state index contributed by atoms with van der Waals surface area (Å²) < 4.78 is 5.33. The summed E-state index contributed by atoms with van der Waals surface area (Å²) in [5.74, 6) is -2.44. The molecule has 0 unspecified atom stereocenters. The summed E-state index contributed by atoms with van der Waals surface area (Å²) in [6.07, 6.45) is 0.0822. The molecule has 0 spiro atoms. The Labute approximate surface area is 215 Å².